The summed E-state index contributed by atoms with van der Waals surface area (Å²) in [6, 6.07) is 6.94. The van der Waals surface area contributed by atoms with Crippen LogP contribution in [0.3, 0.4) is 0 Å². The van der Waals surface area contributed by atoms with Crippen molar-refractivity contribution in [1.29, 1.82) is 0 Å². The summed E-state index contributed by atoms with van der Waals surface area (Å²) >= 11 is 0. The molecule has 2 aliphatic carbocycles. The molecule has 32 heavy (non-hydrogen) atoms. The molecule has 1 aromatic carbocycles. The lowest BCUT2D eigenvalue weighted by molar-refractivity contribution is -0.125. The highest BCUT2D eigenvalue weighted by atomic mass is 16.2. The lowest BCUT2D eigenvalue weighted by atomic mass is 9.96. The predicted molar refractivity (Wildman–Crippen MR) is 128 cm³/mol. The second-order valence-corrected chi connectivity index (χ2v) is 9.88. The fraction of sp³-hybridized carbons (Fsp3) is 0.577. The van der Waals surface area contributed by atoms with Gasteiger partial charge in [0.2, 0.25) is 11.8 Å². The number of benzene rings is 1. The minimum Gasteiger partial charge on any atom is -0.352 e. The molecule has 2 fully saturated rings. The molecule has 1 heterocycles. The van der Waals surface area contributed by atoms with E-state index in [9.17, 15) is 14.4 Å². The van der Waals surface area contributed by atoms with Crippen LogP contribution in [0.15, 0.2) is 35.3 Å². The molecule has 0 bridgehead atoms. The highest BCUT2D eigenvalue weighted by Gasteiger charge is 2.31. The van der Waals surface area contributed by atoms with E-state index in [1.165, 1.54) is 25.7 Å². The van der Waals surface area contributed by atoms with Crippen molar-refractivity contribution >= 4 is 28.3 Å². The number of rotatable bonds is 7. The largest absolute Gasteiger partial charge is 0.352 e. The lowest BCUT2D eigenvalue weighted by Gasteiger charge is -2.23. The smallest absolute Gasteiger partial charge is 0.259 e. The summed E-state index contributed by atoms with van der Waals surface area (Å²) in [5.41, 5.74) is 0.459. The van der Waals surface area contributed by atoms with Crippen molar-refractivity contribution < 1.29 is 9.59 Å². The van der Waals surface area contributed by atoms with Gasteiger partial charge in [0.15, 0.2) is 0 Å². The number of carbonyl (C=O) groups excluding carboxylic acids is 2. The molecular formula is C26H35N3O3. The second-order valence-electron chi connectivity index (χ2n) is 9.88. The maximum atomic E-state index is 13.3. The van der Waals surface area contributed by atoms with Crippen LogP contribution in [-0.4, -0.2) is 22.4 Å². The molecule has 2 aromatic rings. The van der Waals surface area contributed by atoms with E-state index < -0.39 is 6.04 Å². The summed E-state index contributed by atoms with van der Waals surface area (Å²) in [5.74, 6) is 0.335. The fourth-order valence-corrected chi connectivity index (χ4v) is 4.92. The van der Waals surface area contributed by atoms with Crippen molar-refractivity contribution in [1.82, 2.24) is 9.88 Å². The quantitative estimate of drug-likeness (QED) is 0.612. The minimum absolute atomic E-state index is 0.0115. The number of nitrogens with one attached hydrogen (secondary N) is 2. The molecule has 0 aliphatic heterocycles. The number of aromatic nitrogens is 1. The first kappa shape index (κ1) is 22.6. The summed E-state index contributed by atoms with van der Waals surface area (Å²) in [6.07, 6.45) is 11.4. The van der Waals surface area contributed by atoms with E-state index in [4.69, 9.17) is 0 Å². The molecule has 2 N–H and O–H groups in total. The maximum absolute atomic E-state index is 13.3. The molecule has 0 saturated heterocycles. The Bertz CT molecular complexity index is 1030. The topological polar surface area (TPSA) is 80.2 Å². The molecular weight excluding hydrogens is 402 g/mol. The van der Waals surface area contributed by atoms with Crippen LogP contribution < -0.4 is 16.2 Å². The van der Waals surface area contributed by atoms with Crippen molar-refractivity contribution in [3.8, 4) is 0 Å². The molecule has 6 heteroatoms. The van der Waals surface area contributed by atoms with Gasteiger partial charge in [-0.3, -0.25) is 14.4 Å². The highest BCUT2D eigenvalue weighted by molar-refractivity contribution is 6.02. The van der Waals surface area contributed by atoms with Crippen LogP contribution in [0.5, 0.6) is 0 Å². The number of carbonyl (C=O) groups is 2. The first-order valence-corrected chi connectivity index (χ1v) is 12.2. The SMILES string of the molecule is CC(C)C(C(=O)NC1CC1)n1ccc2c(NC(=O)CC3CCCCCC3)cccc2c1=O. The summed E-state index contributed by atoms with van der Waals surface area (Å²) in [7, 11) is 0. The molecule has 6 nitrogen and oxygen atoms in total. The van der Waals surface area contributed by atoms with Gasteiger partial charge in [-0.15, -0.1) is 0 Å². The Morgan fingerprint density at radius 2 is 1.72 bits per heavy atom. The maximum Gasteiger partial charge on any atom is 0.259 e. The molecule has 2 aliphatic rings. The molecule has 1 aromatic heterocycles. The van der Waals surface area contributed by atoms with E-state index in [-0.39, 0.29) is 29.3 Å². The average Bonchev–Trinajstić information content (AvgIpc) is 3.58. The van der Waals surface area contributed by atoms with Gasteiger partial charge in [-0.1, -0.05) is 45.6 Å². The second kappa shape index (κ2) is 9.88. The molecule has 1 atom stereocenters. The average molecular weight is 438 g/mol. The number of hydrogen-bond acceptors (Lipinski definition) is 3. The van der Waals surface area contributed by atoms with E-state index in [1.54, 1.807) is 22.9 Å². The van der Waals surface area contributed by atoms with Crippen molar-refractivity contribution in [3.05, 3.63) is 40.8 Å². The van der Waals surface area contributed by atoms with Crippen LogP contribution in [0.1, 0.15) is 77.7 Å². The zero-order valence-corrected chi connectivity index (χ0v) is 19.2. The van der Waals surface area contributed by atoms with Gasteiger partial charge in [0.05, 0.1) is 0 Å². The highest BCUT2D eigenvalue weighted by Crippen LogP contribution is 2.28. The third kappa shape index (κ3) is 5.22. The molecule has 2 saturated carbocycles. The van der Waals surface area contributed by atoms with Gasteiger partial charge < -0.3 is 15.2 Å². The third-order valence-electron chi connectivity index (χ3n) is 6.82. The van der Waals surface area contributed by atoms with Gasteiger partial charge in [0.25, 0.3) is 5.56 Å². The lowest BCUT2D eigenvalue weighted by Crippen LogP contribution is -2.40. The van der Waals surface area contributed by atoms with Gasteiger partial charge >= 0.3 is 0 Å². The van der Waals surface area contributed by atoms with Gasteiger partial charge in [-0.25, -0.2) is 0 Å². The Hall–Kier alpha value is -2.63. The monoisotopic (exact) mass is 437 g/mol. The predicted octanol–water partition coefficient (Wildman–Crippen LogP) is 4.78. The van der Waals surface area contributed by atoms with Gasteiger partial charge in [0.1, 0.15) is 6.04 Å². The third-order valence-corrected chi connectivity index (χ3v) is 6.82. The van der Waals surface area contributed by atoms with E-state index >= 15 is 0 Å². The first-order valence-electron chi connectivity index (χ1n) is 12.2. The molecule has 1 unspecified atom stereocenters. The number of amides is 2. The van der Waals surface area contributed by atoms with Gasteiger partial charge in [0, 0.05) is 35.1 Å². The van der Waals surface area contributed by atoms with E-state index in [0.29, 0.717) is 28.8 Å². The van der Waals surface area contributed by atoms with Gasteiger partial charge in [-0.05, 0) is 55.7 Å². The number of fused-ring (bicyclic) bond motifs is 1. The van der Waals surface area contributed by atoms with E-state index in [2.05, 4.69) is 10.6 Å². The summed E-state index contributed by atoms with van der Waals surface area (Å²) < 4.78 is 1.54. The van der Waals surface area contributed by atoms with Crippen LogP contribution in [0.25, 0.3) is 10.8 Å². The van der Waals surface area contributed by atoms with Crippen LogP contribution in [0.2, 0.25) is 0 Å². The summed E-state index contributed by atoms with van der Waals surface area (Å²) in [6.45, 7) is 3.91. The molecule has 2 amide bonds. The van der Waals surface area contributed by atoms with Crippen molar-refractivity contribution in [2.75, 3.05) is 5.32 Å². The standard InChI is InChI=1S/C26H35N3O3/c1-17(2)24(25(31)27-19-12-13-19)29-15-14-20-21(26(29)32)10-7-11-22(20)28-23(30)16-18-8-5-3-4-6-9-18/h7,10-11,14-15,17-19,24H,3-6,8-9,12-13,16H2,1-2H3,(H,27,31)(H,28,30). The zero-order chi connectivity index (χ0) is 22.7. The fourth-order valence-electron chi connectivity index (χ4n) is 4.92. The van der Waals surface area contributed by atoms with Crippen molar-refractivity contribution in [2.45, 2.75) is 83.7 Å². The minimum atomic E-state index is -0.555. The Kier molecular flexibility index (Phi) is 6.97. The first-order chi connectivity index (χ1) is 15.4. The number of nitrogens with zero attached hydrogens (tertiary/aromatic N) is 1. The summed E-state index contributed by atoms with van der Waals surface area (Å²) in [4.78, 5) is 38.9. The van der Waals surface area contributed by atoms with E-state index in [0.717, 1.165) is 25.7 Å². The molecule has 0 radical (unpaired) electrons. The number of anilines is 1. The number of hydrogen-bond donors (Lipinski definition) is 2. The Morgan fingerprint density at radius 1 is 1.00 bits per heavy atom. The Balaban J connectivity index is 1.56. The van der Waals surface area contributed by atoms with Crippen LogP contribution in [0.4, 0.5) is 5.69 Å². The summed E-state index contributed by atoms with van der Waals surface area (Å²) in [5, 5.41) is 7.31. The Labute approximate surface area is 189 Å². The Morgan fingerprint density at radius 3 is 2.38 bits per heavy atom. The van der Waals surface area contributed by atoms with Crippen molar-refractivity contribution in [3.63, 3.8) is 0 Å². The normalized spacial score (nSPS) is 18.3. The molecule has 172 valence electrons. The van der Waals surface area contributed by atoms with Crippen LogP contribution in [-0.2, 0) is 9.59 Å². The van der Waals surface area contributed by atoms with Gasteiger partial charge in [-0.2, -0.15) is 0 Å². The number of pyridine rings is 1. The van der Waals surface area contributed by atoms with Crippen LogP contribution in [0, 0.1) is 11.8 Å². The van der Waals surface area contributed by atoms with E-state index in [1.807, 2.05) is 26.0 Å². The van der Waals surface area contributed by atoms with Crippen molar-refractivity contribution in [2.24, 2.45) is 11.8 Å². The zero-order valence-electron chi connectivity index (χ0n) is 19.2. The molecule has 0 spiro atoms. The molecule has 4 rings (SSSR count). The van der Waals surface area contributed by atoms with Crippen LogP contribution >= 0.6 is 0 Å².